The number of halogens is 2. The monoisotopic (exact) mass is 476 g/mol. The van der Waals surface area contributed by atoms with Crippen LogP contribution in [-0.4, -0.2) is 32.5 Å². The lowest BCUT2D eigenvalue weighted by Gasteiger charge is -2.11. The van der Waals surface area contributed by atoms with Crippen LogP contribution in [0.1, 0.15) is 39.9 Å². The quantitative estimate of drug-likeness (QED) is 0.351. The van der Waals surface area contributed by atoms with Crippen molar-refractivity contribution in [3.05, 3.63) is 68.2 Å². The molecular weight excluding hydrogens is 456 g/mol. The van der Waals surface area contributed by atoms with Gasteiger partial charge in [0.05, 0.1) is 40.7 Å². The molecule has 0 saturated heterocycles. The fraction of sp³-hybridized carbons (Fsp3) is 0.286. The number of hydrogen-bond donors (Lipinski definition) is 0. The van der Waals surface area contributed by atoms with E-state index in [2.05, 4.69) is 26.1 Å². The molecule has 6 nitrogen and oxygen atoms in total. The van der Waals surface area contributed by atoms with Gasteiger partial charge in [-0.25, -0.2) is 0 Å². The predicted molar refractivity (Wildman–Crippen MR) is 118 cm³/mol. The summed E-state index contributed by atoms with van der Waals surface area (Å²) in [5, 5.41) is 9.35. The van der Waals surface area contributed by atoms with Crippen LogP contribution in [0, 0.1) is 13.8 Å². The van der Waals surface area contributed by atoms with Gasteiger partial charge in [-0.2, -0.15) is 10.2 Å². The minimum Gasteiger partial charge on any atom is -0.496 e. The molecule has 0 bridgehead atoms. The number of aromatic nitrogens is 4. The first-order valence-corrected chi connectivity index (χ1v) is 10.3. The number of carbonyl (C=O) groups excluding carboxylic acids is 1. The van der Waals surface area contributed by atoms with E-state index in [0.717, 1.165) is 28.3 Å². The summed E-state index contributed by atoms with van der Waals surface area (Å²) in [6.45, 7) is 6.91. The van der Waals surface area contributed by atoms with E-state index in [1.807, 2.05) is 43.7 Å². The number of rotatable bonds is 7. The van der Waals surface area contributed by atoms with Crippen LogP contribution < -0.4 is 4.74 Å². The molecule has 0 aliphatic rings. The van der Waals surface area contributed by atoms with Crippen LogP contribution in [0.2, 0.25) is 5.02 Å². The molecule has 0 unspecified atom stereocenters. The first-order valence-electron chi connectivity index (χ1n) is 9.15. The third kappa shape index (κ3) is 4.46. The Morgan fingerprint density at radius 1 is 1.31 bits per heavy atom. The summed E-state index contributed by atoms with van der Waals surface area (Å²) in [6, 6.07) is 5.78. The maximum Gasteiger partial charge on any atom is 0.205 e. The molecule has 8 heteroatoms. The molecule has 0 spiro atoms. The highest BCUT2D eigenvalue weighted by Crippen LogP contribution is 2.25. The van der Waals surface area contributed by atoms with Crippen molar-refractivity contribution in [1.29, 1.82) is 0 Å². The Bertz CT molecular complexity index is 1080. The highest BCUT2D eigenvalue weighted by atomic mass is 79.9. The first-order chi connectivity index (χ1) is 13.8. The molecule has 0 radical (unpaired) electrons. The fourth-order valence-electron chi connectivity index (χ4n) is 3.11. The standard InChI is InChI=1S/C21H22BrClN4O2/c1-5-26-21(17(22)11-24-26)18(28)8-6-15-7-9-19(29-4)16(10-15)12-27-14(3)20(23)13(2)25-27/h6-11H,5,12H2,1-4H3/b8-6+. The van der Waals surface area contributed by atoms with Gasteiger partial charge in [-0.1, -0.05) is 23.7 Å². The Hall–Kier alpha value is -2.38. The highest BCUT2D eigenvalue weighted by molar-refractivity contribution is 9.10. The predicted octanol–water partition coefficient (Wildman–Crippen LogP) is 5.09. The third-order valence-corrected chi connectivity index (χ3v) is 5.80. The molecule has 3 aromatic rings. The molecule has 0 amide bonds. The van der Waals surface area contributed by atoms with Crippen LogP contribution in [0.25, 0.3) is 6.08 Å². The van der Waals surface area contributed by atoms with Gasteiger partial charge < -0.3 is 4.74 Å². The van der Waals surface area contributed by atoms with E-state index in [1.54, 1.807) is 30.1 Å². The molecule has 152 valence electrons. The van der Waals surface area contributed by atoms with Crippen molar-refractivity contribution in [1.82, 2.24) is 19.6 Å². The van der Waals surface area contributed by atoms with Gasteiger partial charge >= 0.3 is 0 Å². The molecule has 0 aliphatic carbocycles. The molecule has 0 aliphatic heterocycles. The summed E-state index contributed by atoms with van der Waals surface area (Å²) in [5.41, 5.74) is 4.07. The second-order valence-corrected chi connectivity index (χ2v) is 7.80. The van der Waals surface area contributed by atoms with Crippen molar-refractivity contribution in [2.45, 2.75) is 33.9 Å². The zero-order valence-electron chi connectivity index (χ0n) is 16.7. The second-order valence-electron chi connectivity index (χ2n) is 6.57. The number of hydrogen-bond acceptors (Lipinski definition) is 4. The van der Waals surface area contributed by atoms with E-state index in [-0.39, 0.29) is 5.78 Å². The van der Waals surface area contributed by atoms with Crippen LogP contribution >= 0.6 is 27.5 Å². The number of benzene rings is 1. The van der Waals surface area contributed by atoms with Gasteiger partial charge in [0.1, 0.15) is 11.4 Å². The molecule has 0 atom stereocenters. The minimum absolute atomic E-state index is 0.112. The zero-order chi connectivity index (χ0) is 21.1. The molecule has 29 heavy (non-hydrogen) atoms. The van der Waals surface area contributed by atoms with Gasteiger partial charge in [-0.3, -0.25) is 14.2 Å². The van der Waals surface area contributed by atoms with Gasteiger partial charge in [-0.05, 0) is 60.5 Å². The third-order valence-electron chi connectivity index (χ3n) is 4.67. The number of allylic oxidation sites excluding steroid dienone is 1. The van der Waals surface area contributed by atoms with Gasteiger partial charge in [-0.15, -0.1) is 0 Å². The smallest absolute Gasteiger partial charge is 0.205 e. The normalized spacial score (nSPS) is 11.4. The Balaban J connectivity index is 1.88. The fourth-order valence-corrected chi connectivity index (χ4v) is 3.74. The SMILES string of the molecule is CCn1ncc(Br)c1C(=O)/C=C/c1ccc(OC)c(Cn2nc(C)c(Cl)c2C)c1. The van der Waals surface area contributed by atoms with Crippen LogP contribution in [0.4, 0.5) is 0 Å². The lowest BCUT2D eigenvalue weighted by molar-refractivity contribution is 0.103. The highest BCUT2D eigenvalue weighted by Gasteiger charge is 2.15. The van der Waals surface area contributed by atoms with E-state index >= 15 is 0 Å². The van der Waals surface area contributed by atoms with E-state index in [9.17, 15) is 4.79 Å². The Kier molecular flexibility index (Phi) is 6.59. The lowest BCUT2D eigenvalue weighted by Crippen LogP contribution is -2.08. The summed E-state index contributed by atoms with van der Waals surface area (Å²) >= 11 is 9.66. The summed E-state index contributed by atoms with van der Waals surface area (Å²) in [5.74, 6) is 0.642. The van der Waals surface area contributed by atoms with E-state index < -0.39 is 0 Å². The van der Waals surface area contributed by atoms with Crippen LogP contribution in [0.15, 0.2) is 34.9 Å². The Morgan fingerprint density at radius 2 is 2.07 bits per heavy atom. The van der Waals surface area contributed by atoms with Crippen molar-refractivity contribution >= 4 is 39.4 Å². The second kappa shape index (κ2) is 8.97. The van der Waals surface area contributed by atoms with Crippen molar-refractivity contribution < 1.29 is 9.53 Å². The van der Waals surface area contributed by atoms with E-state index in [0.29, 0.717) is 28.3 Å². The summed E-state index contributed by atoms with van der Waals surface area (Å²) in [4.78, 5) is 12.6. The number of methoxy groups -OCH3 is 1. The van der Waals surface area contributed by atoms with Crippen molar-refractivity contribution in [2.75, 3.05) is 7.11 Å². The average Bonchev–Trinajstić information content (AvgIpc) is 3.21. The summed E-state index contributed by atoms with van der Waals surface area (Å²) < 4.78 is 9.70. The Labute approximate surface area is 183 Å². The zero-order valence-corrected chi connectivity index (χ0v) is 19.1. The molecule has 3 rings (SSSR count). The maximum atomic E-state index is 12.6. The number of ether oxygens (including phenoxy) is 1. The maximum absolute atomic E-state index is 12.6. The summed E-state index contributed by atoms with van der Waals surface area (Å²) in [7, 11) is 1.63. The number of ketones is 1. The molecule has 1 aromatic carbocycles. The molecule has 0 saturated carbocycles. The van der Waals surface area contributed by atoms with Crippen molar-refractivity contribution in [2.24, 2.45) is 0 Å². The van der Waals surface area contributed by atoms with Gasteiger partial charge in [0.15, 0.2) is 0 Å². The van der Waals surface area contributed by atoms with E-state index in [1.165, 1.54) is 0 Å². The van der Waals surface area contributed by atoms with Gasteiger partial charge in [0, 0.05) is 12.1 Å². The Morgan fingerprint density at radius 3 is 2.69 bits per heavy atom. The molecule has 0 N–H and O–H groups in total. The average molecular weight is 478 g/mol. The van der Waals surface area contributed by atoms with E-state index in [4.69, 9.17) is 16.3 Å². The van der Waals surface area contributed by atoms with Gasteiger partial charge in [0.2, 0.25) is 5.78 Å². The molecule has 0 fully saturated rings. The minimum atomic E-state index is -0.112. The van der Waals surface area contributed by atoms with Crippen LogP contribution in [-0.2, 0) is 13.1 Å². The van der Waals surface area contributed by atoms with Crippen molar-refractivity contribution in [3.63, 3.8) is 0 Å². The largest absolute Gasteiger partial charge is 0.496 e. The van der Waals surface area contributed by atoms with Crippen LogP contribution in [0.5, 0.6) is 5.75 Å². The number of aryl methyl sites for hydroxylation is 2. The van der Waals surface area contributed by atoms with Crippen LogP contribution in [0.3, 0.4) is 0 Å². The van der Waals surface area contributed by atoms with Gasteiger partial charge in [0.25, 0.3) is 0 Å². The molecule has 2 aromatic heterocycles. The summed E-state index contributed by atoms with van der Waals surface area (Å²) in [6.07, 6.45) is 4.98. The first kappa shape index (κ1) is 21.3. The van der Waals surface area contributed by atoms with Crippen molar-refractivity contribution in [3.8, 4) is 5.75 Å². The number of carbonyl (C=O) groups is 1. The number of nitrogens with zero attached hydrogens (tertiary/aromatic N) is 4. The lowest BCUT2D eigenvalue weighted by atomic mass is 10.1. The molecule has 2 heterocycles. The molecular formula is C21H22BrClN4O2. The topological polar surface area (TPSA) is 61.9 Å².